The zero-order valence-electron chi connectivity index (χ0n) is 10.8. The van der Waals surface area contributed by atoms with E-state index in [1.165, 1.54) is 13.2 Å². The summed E-state index contributed by atoms with van der Waals surface area (Å²) in [5.41, 5.74) is 0.0529. The number of para-hydroxylation sites is 1. The van der Waals surface area contributed by atoms with Crippen LogP contribution in [0.5, 0.6) is 11.5 Å². The van der Waals surface area contributed by atoms with Crippen molar-refractivity contribution in [2.75, 3.05) is 7.11 Å². The third kappa shape index (κ3) is 2.98. The Balaban J connectivity index is 2.29. The van der Waals surface area contributed by atoms with Crippen LogP contribution in [0.3, 0.4) is 0 Å². The van der Waals surface area contributed by atoms with Gasteiger partial charge in [0.1, 0.15) is 11.7 Å². The van der Waals surface area contributed by atoms with E-state index in [4.69, 9.17) is 9.47 Å². The molecule has 1 aromatic carbocycles. The van der Waals surface area contributed by atoms with E-state index >= 15 is 0 Å². The number of carbonyl (C=O) groups is 1. The molecule has 5 nitrogen and oxygen atoms in total. The number of aliphatic hydroxyl groups is 1. The van der Waals surface area contributed by atoms with Crippen molar-refractivity contribution in [2.24, 2.45) is 0 Å². The molecule has 0 aliphatic heterocycles. The van der Waals surface area contributed by atoms with E-state index in [0.717, 1.165) is 19.3 Å². The zero-order chi connectivity index (χ0) is 13.8. The second-order valence-electron chi connectivity index (χ2n) is 4.65. The minimum Gasteiger partial charge on any atom is -0.493 e. The molecule has 0 amide bonds. The molecule has 1 aliphatic carbocycles. The molecule has 0 bridgehead atoms. The van der Waals surface area contributed by atoms with Crippen LogP contribution >= 0.6 is 0 Å². The SMILES string of the molecule is COc1cccc(C(=O)O)c1OC1CCCCC1O. The number of hydrogen-bond donors (Lipinski definition) is 2. The minimum absolute atomic E-state index is 0.0529. The monoisotopic (exact) mass is 266 g/mol. The topological polar surface area (TPSA) is 76.0 Å². The van der Waals surface area contributed by atoms with Crippen LogP contribution in [0.4, 0.5) is 0 Å². The molecule has 0 spiro atoms. The number of hydrogen-bond acceptors (Lipinski definition) is 4. The Morgan fingerprint density at radius 1 is 1.32 bits per heavy atom. The summed E-state index contributed by atoms with van der Waals surface area (Å²) in [5.74, 6) is -0.500. The van der Waals surface area contributed by atoms with E-state index in [1.54, 1.807) is 12.1 Å². The Kier molecular flexibility index (Phi) is 4.27. The minimum atomic E-state index is -1.07. The fraction of sp³-hybridized carbons (Fsp3) is 0.500. The molecule has 0 aromatic heterocycles. The maximum absolute atomic E-state index is 11.2. The molecule has 0 saturated heterocycles. The van der Waals surface area contributed by atoms with Gasteiger partial charge in [0.05, 0.1) is 13.2 Å². The van der Waals surface area contributed by atoms with Gasteiger partial charge in [0.15, 0.2) is 11.5 Å². The predicted octanol–water partition coefficient (Wildman–Crippen LogP) is 2.08. The van der Waals surface area contributed by atoms with Gasteiger partial charge in [-0.1, -0.05) is 12.5 Å². The number of aliphatic hydroxyl groups excluding tert-OH is 1. The summed E-state index contributed by atoms with van der Waals surface area (Å²) in [4.78, 5) is 11.2. The van der Waals surface area contributed by atoms with Crippen LogP contribution in [0.25, 0.3) is 0 Å². The smallest absolute Gasteiger partial charge is 0.339 e. The average molecular weight is 266 g/mol. The fourth-order valence-electron chi connectivity index (χ4n) is 2.33. The third-order valence-corrected chi connectivity index (χ3v) is 3.37. The molecule has 1 fully saturated rings. The van der Waals surface area contributed by atoms with Crippen LogP contribution in [-0.4, -0.2) is 35.5 Å². The number of carboxylic acid groups (broad SMARTS) is 1. The molecule has 1 aromatic rings. The molecular formula is C14H18O5. The Morgan fingerprint density at radius 2 is 2.05 bits per heavy atom. The number of ether oxygens (including phenoxy) is 2. The van der Waals surface area contributed by atoms with Crippen molar-refractivity contribution in [3.63, 3.8) is 0 Å². The van der Waals surface area contributed by atoms with Gasteiger partial charge in [-0.25, -0.2) is 4.79 Å². The molecule has 5 heteroatoms. The Hall–Kier alpha value is -1.75. The molecule has 19 heavy (non-hydrogen) atoms. The summed E-state index contributed by atoms with van der Waals surface area (Å²) in [7, 11) is 1.46. The van der Waals surface area contributed by atoms with E-state index in [-0.39, 0.29) is 17.4 Å². The lowest BCUT2D eigenvalue weighted by molar-refractivity contribution is 0.00484. The largest absolute Gasteiger partial charge is 0.493 e. The highest BCUT2D eigenvalue weighted by Crippen LogP contribution is 2.34. The summed E-state index contributed by atoms with van der Waals surface area (Å²) >= 11 is 0. The summed E-state index contributed by atoms with van der Waals surface area (Å²) in [6.45, 7) is 0. The van der Waals surface area contributed by atoms with Crippen LogP contribution in [0.1, 0.15) is 36.0 Å². The molecule has 104 valence electrons. The molecule has 0 radical (unpaired) electrons. The van der Waals surface area contributed by atoms with Crippen molar-refractivity contribution in [1.29, 1.82) is 0 Å². The number of aromatic carboxylic acids is 1. The number of carboxylic acids is 1. The summed E-state index contributed by atoms with van der Waals surface area (Å²) < 4.78 is 10.9. The van der Waals surface area contributed by atoms with E-state index < -0.39 is 12.1 Å². The van der Waals surface area contributed by atoms with Crippen molar-refractivity contribution in [1.82, 2.24) is 0 Å². The molecule has 2 N–H and O–H groups in total. The highest BCUT2D eigenvalue weighted by Gasteiger charge is 2.27. The van der Waals surface area contributed by atoms with Gasteiger partial charge in [0.2, 0.25) is 0 Å². The maximum atomic E-state index is 11.2. The van der Waals surface area contributed by atoms with Crippen LogP contribution in [0, 0.1) is 0 Å². The van der Waals surface area contributed by atoms with Gasteiger partial charge in [-0.3, -0.25) is 0 Å². The summed E-state index contributed by atoms with van der Waals surface area (Å²) in [6.07, 6.45) is 2.42. The normalized spacial score (nSPS) is 22.8. The van der Waals surface area contributed by atoms with E-state index in [0.29, 0.717) is 12.2 Å². The molecular weight excluding hydrogens is 248 g/mol. The average Bonchev–Trinajstić information content (AvgIpc) is 2.41. The Labute approximate surface area is 111 Å². The quantitative estimate of drug-likeness (QED) is 0.872. The van der Waals surface area contributed by atoms with Gasteiger partial charge in [-0.05, 0) is 31.4 Å². The number of rotatable bonds is 4. The third-order valence-electron chi connectivity index (χ3n) is 3.37. The predicted molar refractivity (Wildman–Crippen MR) is 68.8 cm³/mol. The second kappa shape index (κ2) is 5.93. The Bertz CT molecular complexity index is 457. The first-order valence-electron chi connectivity index (χ1n) is 6.38. The first kappa shape index (κ1) is 13.7. The lowest BCUT2D eigenvalue weighted by Crippen LogP contribution is -2.35. The van der Waals surface area contributed by atoms with Crippen LogP contribution < -0.4 is 9.47 Å². The maximum Gasteiger partial charge on any atom is 0.339 e. The number of methoxy groups -OCH3 is 1. The molecule has 1 saturated carbocycles. The highest BCUT2D eigenvalue weighted by molar-refractivity contribution is 5.92. The lowest BCUT2D eigenvalue weighted by atomic mass is 9.94. The van der Waals surface area contributed by atoms with Gasteiger partial charge < -0.3 is 19.7 Å². The number of benzene rings is 1. The Morgan fingerprint density at radius 3 is 2.68 bits per heavy atom. The summed E-state index contributed by atoms with van der Waals surface area (Å²) in [6, 6.07) is 4.72. The van der Waals surface area contributed by atoms with Crippen LogP contribution in [0.15, 0.2) is 18.2 Å². The molecule has 2 unspecified atom stereocenters. The van der Waals surface area contributed by atoms with Crippen molar-refractivity contribution >= 4 is 5.97 Å². The molecule has 1 aliphatic rings. The van der Waals surface area contributed by atoms with E-state index in [1.807, 2.05) is 0 Å². The van der Waals surface area contributed by atoms with Crippen molar-refractivity contribution in [3.05, 3.63) is 23.8 Å². The van der Waals surface area contributed by atoms with E-state index in [9.17, 15) is 15.0 Å². The highest BCUT2D eigenvalue weighted by atomic mass is 16.5. The lowest BCUT2D eigenvalue weighted by Gasteiger charge is -2.29. The van der Waals surface area contributed by atoms with Gasteiger partial charge in [0, 0.05) is 0 Å². The summed E-state index contributed by atoms with van der Waals surface area (Å²) in [5, 5.41) is 19.1. The standard InChI is InChI=1S/C14H18O5/c1-18-12-8-4-5-9(14(16)17)13(12)19-11-7-3-2-6-10(11)15/h4-5,8,10-11,15H,2-3,6-7H2,1H3,(H,16,17). The van der Waals surface area contributed by atoms with E-state index in [2.05, 4.69) is 0 Å². The zero-order valence-corrected chi connectivity index (χ0v) is 10.8. The molecule has 2 rings (SSSR count). The van der Waals surface area contributed by atoms with Gasteiger partial charge in [-0.15, -0.1) is 0 Å². The van der Waals surface area contributed by atoms with Gasteiger partial charge in [-0.2, -0.15) is 0 Å². The van der Waals surface area contributed by atoms with Crippen molar-refractivity contribution in [2.45, 2.75) is 37.9 Å². The second-order valence-corrected chi connectivity index (χ2v) is 4.65. The van der Waals surface area contributed by atoms with Gasteiger partial charge in [0.25, 0.3) is 0 Å². The van der Waals surface area contributed by atoms with Crippen molar-refractivity contribution < 1.29 is 24.5 Å². The molecule has 2 atom stereocenters. The molecule has 0 heterocycles. The van der Waals surface area contributed by atoms with Gasteiger partial charge >= 0.3 is 5.97 Å². The van der Waals surface area contributed by atoms with Crippen molar-refractivity contribution in [3.8, 4) is 11.5 Å². The first-order valence-corrected chi connectivity index (χ1v) is 6.38. The van der Waals surface area contributed by atoms with Crippen LogP contribution in [0.2, 0.25) is 0 Å². The van der Waals surface area contributed by atoms with Crippen LogP contribution in [-0.2, 0) is 0 Å². The fourth-order valence-corrected chi connectivity index (χ4v) is 2.33. The first-order chi connectivity index (χ1) is 9.13.